The van der Waals surface area contributed by atoms with Crippen LogP contribution in [0.3, 0.4) is 0 Å². The number of fused-ring (bicyclic) bond motifs is 2. The number of hydrogen-bond acceptors (Lipinski definition) is 2. The predicted octanol–water partition coefficient (Wildman–Crippen LogP) is 1.49. The molecule has 1 heterocycles. The molecule has 0 spiro atoms. The molecule has 2 atom stereocenters. The highest BCUT2D eigenvalue weighted by atomic mass is 16.3. The lowest BCUT2D eigenvalue weighted by atomic mass is 9.75. The Balaban J connectivity index is 1.95. The Kier molecular flexibility index (Phi) is 2.89. The third kappa shape index (κ3) is 1.89. The quantitative estimate of drug-likeness (QED) is 0.701. The molecule has 0 aromatic carbocycles. The fourth-order valence-corrected chi connectivity index (χ4v) is 3.00. The maximum atomic E-state index is 9.95. The van der Waals surface area contributed by atoms with Gasteiger partial charge in [-0.25, -0.2) is 0 Å². The molecule has 2 fully saturated rings. The van der Waals surface area contributed by atoms with Crippen LogP contribution < -0.4 is 0 Å². The van der Waals surface area contributed by atoms with Crippen LogP contribution in [0.5, 0.6) is 0 Å². The topological polar surface area (TPSA) is 23.5 Å². The number of hydrogen-bond donors (Lipinski definition) is 1. The minimum atomic E-state index is 0.0156. The molecule has 2 bridgehead atoms. The molecule has 1 aliphatic carbocycles. The first kappa shape index (κ1) is 9.47. The Morgan fingerprint density at radius 3 is 2.38 bits per heavy atom. The van der Waals surface area contributed by atoms with Crippen molar-refractivity contribution in [3.8, 4) is 0 Å². The molecule has 1 saturated carbocycles. The van der Waals surface area contributed by atoms with Gasteiger partial charge in [-0.2, -0.15) is 0 Å². The maximum absolute atomic E-state index is 9.95. The van der Waals surface area contributed by atoms with Gasteiger partial charge in [-0.3, -0.25) is 0 Å². The van der Waals surface area contributed by atoms with Crippen LogP contribution in [0.15, 0.2) is 0 Å². The molecule has 1 N–H and O–H groups in total. The van der Waals surface area contributed by atoms with Crippen molar-refractivity contribution in [3.63, 3.8) is 0 Å². The first-order valence-corrected chi connectivity index (χ1v) is 5.71. The number of likely N-dealkylation sites (tertiary alicyclic amines) is 1. The summed E-state index contributed by atoms with van der Waals surface area (Å²) in [5.74, 6) is 1.16. The zero-order valence-electron chi connectivity index (χ0n) is 8.58. The average Bonchev–Trinajstić information content (AvgIpc) is 2.07. The summed E-state index contributed by atoms with van der Waals surface area (Å²) in [6, 6.07) is 0. The smallest absolute Gasteiger partial charge is 0.0620 e. The lowest BCUT2D eigenvalue weighted by Crippen LogP contribution is -2.51. The van der Waals surface area contributed by atoms with Crippen molar-refractivity contribution in [1.82, 2.24) is 4.90 Å². The summed E-state index contributed by atoms with van der Waals surface area (Å²) in [5, 5.41) is 9.95. The molecular weight excluding hydrogens is 162 g/mol. The highest BCUT2D eigenvalue weighted by Crippen LogP contribution is 2.34. The summed E-state index contributed by atoms with van der Waals surface area (Å²) >= 11 is 0. The molecule has 0 aromatic rings. The normalized spacial score (nSPS) is 40.6. The lowest BCUT2D eigenvalue weighted by Gasteiger charge is -2.45. The highest BCUT2D eigenvalue weighted by molar-refractivity contribution is 4.90. The average molecular weight is 183 g/mol. The van der Waals surface area contributed by atoms with Crippen LogP contribution >= 0.6 is 0 Å². The zero-order chi connectivity index (χ0) is 9.26. The molecular formula is C11H21NO. The van der Waals surface area contributed by atoms with Crippen molar-refractivity contribution < 1.29 is 5.11 Å². The van der Waals surface area contributed by atoms with Crippen molar-refractivity contribution >= 4 is 0 Å². The molecule has 1 saturated heterocycles. The Morgan fingerprint density at radius 1 is 1.23 bits per heavy atom. The SMILES string of the molecule is CCCN1CC2CCCC(C1)C2O. The lowest BCUT2D eigenvalue weighted by molar-refractivity contribution is -0.0491. The van der Waals surface area contributed by atoms with E-state index in [1.165, 1.54) is 32.2 Å². The molecule has 0 aromatic heterocycles. The first-order chi connectivity index (χ1) is 6.31. The van der Waals surface area contributed by atoms with Gasteiger partial charge in [0, 0.05) is 13.1 Å². The Hall–Kier alpha value is -0.0800. The van der Waals surface area contributed by atoms with Crippen LogP contribution in [0.4, 0.5) is 0 Å². The summed E-state index contributed by atoms with van der Waals surface area (Å²) in [5.41, 5.74) is 0. The Morgan fingerprint density at radius 2 is 1.85 bits per heavy atom. The van der Waals surface area contributed by atoms with Gasteiger partial charge >= 0.3 is 0 Å². The highest BCUT2D eigenvalue weighted by Gasteiger charge is 2.37. The molecule has 2 rings (SSSR count). The number of rotatable bonds is 2. The first-order valence-electron chi connectivity index (χ1n) is 5.71. The summed E-state index contributed by atoms with van der Waals surface area (Å²) in [6.07, 6.45) is 5.10. The molecule has 76 valence electrons. The second kappa shape index (κ2) is 3.97. The van der Waals surface area contributed by atoms with E-state index in [0.29, 0.717) is 11.8 Å². The van der Waals surface area contributed by atoms with Gasteiger partial charge in [0.05, 0.1) is 6.10 Å². The van der Waals surface area contributed by atoms with E-state index in [4.69, 9.17) is 0 Å². The molecule has 1 aliphatic heterocycles. The minimum Gasteiger partial charge on any atom is -0.392 e. The van der Waals surface area contributed by atoms with Crippen molar-refractivity contribution in [2.45, 2.75) is 38.7 Å². The van der Waals surface area contributed by atoms with Crippen LogP contribution in [0.25, 0.3) is 0 Å². The largest absolute Gasteiger partial charge is 0.392 e. The molecule has 2 aliphatic rings. The van der Waals surface area contributed by atoms with Crippen molar-refractivity contribution in [1.29, 1.82) is 0 Å². The molecule has 2 heteroatoms. The zero-order valence-corrected chi connectivity index (χ0v) is 8.58. The monoisotopic (exact) mass is 183 g/mol. The molecule has 0 amide bonds. The van der Waals surface area contributed by atoms with E-state index in [-0.39, 0.29) is 6.10 Å². The van der Waals surface area contributed by atoms with Gasteiger partial charge in [-0.15, -0.1) is 0 Å². The fraction of sp³-hybridized carbons (Fsp3) is 1.00. The van der Waals surface area contributed by atoms with Gasteiger partial charge in [0.2, 0.25) is 0 Å². The van der Waals surface area contributed by atoms with Gasteiger partial charge in [-0.05, 0) is 37.6 Å². The van der Waals surface area contributed by atoms with E-state index in [9.17, 15) is 5.11 Å². The fourth-order valence-electron chi connectivity index (χ4n) is 3.00. The van der Waals surface area contributed by atoms with Crippen LogP contribution in [-0.4, -0.2) is 35.7 Å². The summed E-state index contributed by atoms with van der Waals surface area (Å²) in [7, 11) is 0. The van der Waals surface area contributed by atoms with Crippen molar-refractivity contribution in [2.24, 2.45) is 11.8 Å². The van der Waals surface area contributed by atoms with Crippen molar-refractivity contribution in [2.75, 3.05) is 19.6 Å². The van der Waals surface area contributed by atoms with E-state index >= 15 is 0 Å². The molecule has 2 unspecified atom stereocenters. The molecule has 0 radical (unpaired) electrons. The van der Waals surface area contributed by atoms with Gasteiger partial charge in [0.15, 0.2) is 0 Å². The second-order valence-electron chi connectivity index (χ2n) is 4.70. The minimum absolute atomic E-state index is 0.0156. The summed E-state index contributed by atoms with van der Waals surface area (Å²) < 4.78 is 0. The van der Waals surface area contributed by atoms with E-state index < -0.39 is 0 Å². The van der Waals surface area contributed by atoms with E-state index in [2.05, 4.69) is 11.8 Å². The van der Waals surface area contributed by atoms with E-state index in [1.807, 2.05) is 0 Å². The third-order valence-electron chi connectivity index (χ3n) is 3.64. The number of nitrogens with zero attached hydrogens (tertiary/aromatic N) is 1. The Bertz CT molecular complexity index is 157. The maximum Gasteiger partial charge on any atom is 0.0620 e. The molecule has 2 nitrogen and oxygen atoms in total. The second-order valence-corrected chi connectivity index (χ2v) is 4.70. The van der Waals surface area contributed by atoms with Gasteiger partial charge in [0.25, 0.3) is 0 Å². The van der Waals surface area contributed by atoms with Crippen LogP contribution in [-0.2, 0) is 0 Å². The molecule has 13 heavy (non-hydrogen) atoms. The summed E-state index contributed by atoms with van der Waals surface area (Å²) in [6.45, 7) is 5.75. The number of aliphatic hydroxyl groups excluding tert-OH is 1. The number of piperidine rings is 1. The van der Waals surface area contributed by atoms with E-state index in [1.54, 1.807) is 0 Å². The summed E-state index contributed by atoms with van der Waals surface area (Å²) in [4.78, 5) is 2.54. The van der Waals surface area contributed by atoms with Crippen molar-refractivity contribution in [3.05, 3.63) is 0 Å². The predicted molar refractivity (Wildman–Crippen MR) is 53.6 cm³/mol. The standard InChI is InChI=1S/C11H21NO/c1-2-6-12-7-9-4-3-5-10(8-12)11(9)13/h9-11,13H,2-8H2,1H3. The van der Waals surface area contributed by atoms with Gasteiger partial charge < -0.3 is 10.0 Å². The van der Waals surface area contributed by atoms with Crippen LogP contribution in [0, 0.1) is 11.8 Å². The van der Waals surface area contributed by atoms with Crippen LogP contribution in [0.1, 0.15) is 32.6 Å². The van der Waals surface area contributed by atoms with E-state index in [0.717, 1.165) is 13.1 Å². The van der Waals surface area contributed by atoms with Crippen LogP contribution in [0.2, 0.25) is 0 Å². The van der Waals surface area contributed by atoms with Gasteiger partial charge in [0.1, 0.15) is 0 Å². The number of aliphatic hydroxyl groups is 1. The van der Waals surface area contributed by atoms with Gasteiger partial charge in [-0.1, -0.05) is 13.3 Å². The third-order valence-corrected chi connectivity index (χ3v) is 3.64. The Labute approximate surface area is 80.9 Å².